The van der Waals surface area contributed by atoms with E-state index in [0.717, 1.165) is 18.5 Å². The van der Waals surface area contributed by atoms with Crippen LogP contribution < -0.4 is 5.73 Å². The van der Waals surface area contributed by atoms with Gasteiger partial charge in [-0.1, -0.05) is 0 Å². The number of nitrogens with two attached hydrogens (primary N) is 1. The first-order valence-electron chi connectivity index (χ1n) is 6.95. The zero-order valence-electron chi connectivity index (χ0n) is 12.1. The molecule has 0 aromatic carbocycles. The standard InChI is InChI=1S/C13H23N3O3S/c1-3-19-7-6-15(2)20(17,18)13-8-12(9-14)16(10-13)11-4-5-11/h8,10-11H,3-7,9,14H2,1-2H3. The van der Waals surface area contributed by atoms with Gasteiger partial charge in [0.2, 0.25) is 10.0 Å². The van der Waals surface area contributed by atoms with Gasteiger partial charge in [-0.15, -0.1) is 0 Å². The van der Waals surface area contributed by atoms with Crippen molar-refractivity contribution in [2.45, 2.75) is 37.2 Å². The molecule has 0 atom stereocenters. The van der Waals surface area contributed by atoms with E-state index in [2.05, 4.69) is 0 Å². The number of nitrogens with zero attached hydrogens (tertiary/aromatic N) is 2. The topological polar surface area (TPSA) is 77.6 Å². The van der Waals surface area contributed by atoms with Crippen LogP contribution in [0.1, 0.15) is 31.5 Å². The molecule has 1 aromatic rings. The van der Waals surface area contributed by atoms with Gasteiger partial charge in [0.15, 0.2) is 0 Å². The number of ether oxygens (including phenoxy) is 1. The molecule has 2 rings (SSSR count). The van der Waals surface area contributed by atoms with E-state index >= 15 is 0 Å². The van der Waals surface area contributed by atoms with Crippen molar-refractivity contribution in [2.24, 2.45) is 5.73 Å². The highest BCUT2D eigenvalue weighted by molar-refractivity contribution is 7.89. The third-order valence-corrected chi connectivity index (χ3v) is 5.34. The monoisotopic (exact) mass is 301 g/mol. The molecule has 0 aliphatic heterocycles. The SMILES string of the molecule is CCOCCN(C)S(=O)(=O)c1cc(CN)n(C2CC2)c1. The van der Waals surface area contributed by atoms with Gasteiger partial charge in [0.25, 0.3) is 0 Å². The van der Waals surface area contributed by atoms with E-state index in [4.69, 9.17) is 10.5 Å². The van der Waals surface area contributed by atoms with E-state index in [0.29, 0.717) is 37.2 Å². The fourth-order valence-electron chi connectivity index (χ4n) is 2.13. The molecule has 0 radical (unpaired) electrons. The molecule has 20 heavy (non-hydrogen) atoms. The Balaban J connectivity index is 2.16. The fraction of sp³-hybridized carbons (Fsp3) is 0.692. The molecule has 1 saturated carbocycles. The summed E-state index contributed by atoms with van der Waals surface area (Å²) in [7, 11) is -1.89. The fourth-order valence-corrected chi connectivity index (χ4v) is 3.34. The van der Waals surface area contributed by atoms with Crippen LogP contribution in [0.5, 0.6) is 0 Å². The zero-order valence-corrected chi connectivity index (χ0v) is 12.9. The summed E-state index contributed by atoms with van der Waals surface area (Å²) < 4.78 is 33.5. The second-order valence-corrected chi connectivity index (χ2v) is 7.08. The number of rotatable bonds is 8. The number of sulfonamides is 1. The van der Waals surface area contributed by atoms with Crippen LogP contribution in [0.25, 0.3) is 0 Å². The molecule has 1 aromatic heterocycles. The Bertz CT molecular complexity index is 549. The van der Waals surface area contributed by atoms with E-state index in [1.807, 2.05) is 11.5 Å². The van der Waals surface area contributed by atoms with Gasteiger partial charge in [0, 0.05) is 44.7 Å². The highest BCUT2D eigenvalue weighted by Crippen LogP contribution is 2.37. The van der Waals surface area contributed by atoms with Crippen LogP contribution in [0.2, 0.25) is 0 Å². The van der Waals surface area contributed by atoms with E-state index in [-0.39, 0.29) is 0 Å². The van der Waals surface area contributed by atoms with E-state index in [1.54, 1.807) is 19.3 Å². The molecule has 1 aliphatic carbocycles. The third-order valence-electron chi connectivity index (χ3n) is 3.52. The summed E-state index contributed by atoms with van der Waals surface area (Å²) in [5.74, 6) is 0. The van der Waals surface area contributed by atoms with Crippen molar-refractivity contribution in [3.63, 3.8) is 0 Å². The summed E-state index contributed by atoms with van der Waals surface area (Å²) >= 11 is 0. The van der Waals surface area contributed by atoms with E-state index in [9.17, 15) is 8.42 Å². The van der Waals surface area contributed by atoms with Crippen molar-refractivity contribution in [1.82, 2.24) is 8.87 Å². The first-order valence-corrected chi connectivity index (χ1v) is 8.39. The maximum atomic E-state index is 12.5. The second-order valence-electron chi connectivity index (χ2n) is 5.03. The Hall–Kier alpha value is -0.890. The van der Waals surface area contributed by atoms with Crippen molar-refractivity contribution in [2.75, 3.05) is 26.8 Å². The zero-order chi connectivity index (χ0) is 14.8. The van der Waals surface area contributed by atoms with Crippen molar-refractivity contribution in [3.05, 3.63) is 18.0 Å². The molecule has 7 heteroatoms. The number of hydrogen-bond acceptors (Lipinski definition) is 4. The minimum atomic E-state index is -3.46. The van der Waals surface area contributed by atoms with Crippen molar-refractivity contribution >= 4 is 10.0 Å². The lowest BCUT2D eigenvalue weighted by Crippen LogP contribution is -2.30. The Kier molecular flexibility index (Phi) is 4.85. The van der Waals surface area contributed by atoms with E-state index in [1.165, 1.54) is 4.31 Å². The van der Waals surface area contributed by atoms with Crippen molar-refractivity contribution in [3.8, 4) is 0 Å². The highest BCUT2D eigenvalue weighted by atomic mass is 32.2. The predicted molar refractivity (Wildman–Crippen MR) is 76.9 cm³/mol. The third kappa shape index (κ3) is 3.22. The van der Waals surface area contributed by atoms with Crippen LogP contribution in [0.3, 0.4) is 0 Å². The molecule has 2 N–H and O–H groups in total. The maximum Gasteiger partial charge on any atom is 0.244 e. The first kappa shape index (κ1) is 15.5. The van der Waals surface area contributed by atoms with Gasteiger partial charge in [-0.2, -0.15) is 4.31 Å². The minimum absolute atomic E-state index is 0.323. The van der Waals surface area contributed by atoms with E-state index < -0.39 is 10.0 Å². The molecular weight excluding hydrogens is 278 g/mol. The normalized spacial score (nSPS) is 16.0. The summed E-state index contributed by atoms with van der Waals surface area (Å²) in [4.78, 5) is 0.323. The van der Waals surface area contributed by atoms with Crippen LogP contribution in [-0.2, 0) is 21.3 Å². The summed E-state index contributed by atoms with van der Waals surface area (Å²) in [6.07, 6.45) is 3.91. The van der Waals surface area contributed by atoms with Gasteiger partial charge in [0.1, 0.15) is 4.90 Å². The minimum Gasteiger partial charge on any atom is -0.380 e. The predicted octanol–water partition coefficient (Wildman–Crippen LogP) is 0.939. The average Bonchev–Trinajstić information content (AvgIpc) is 3.17. The van der Waals surface area contributed by atoms with Gasteiger partial charge in [0.05, 0.1) is 6.61 Å². The van der Waals surface area contributed by atoms with Gasteiger partial charge in [-0.3, -0.25) is 0 Å². The van der Waals surface area contributed by atoms with Crippen LogP contribution in [0.4, 0.5) is 0 Å². The molecular formula is C13H23N3O3S. The Morgan fingerprint density at radius 1 is 1.50 bits per heavy atom. The Morgan fingerprint density at radius 3 is 2.75 bits per heavy atom. The summed E-state index contributed by atoms with van der Waals surface area (Å²) in [5, 5.41) is 0. The molecule has 1 heterocycles. The molecule has 0 spiro atoms. The first-order chi connectivity index (χ1) is 9.50. The number of aromatic nitrogens is 1. The van der Waals surface area contributed by atoms with Crippen LogP contribution in [-0.4, -0.2) is 44.1 Å². The Labute approximate surface area is 120 Å². The maximum absolute atomic E-state index is 12.5. The van der Waals surface area contributed by atoms with Gasteiger partial charge >= 0.3 is 0 Å². The van der Waals surface area contributed by atoms with Crippen LogP contribution >= 0.6 is 0 Å². The Morgan fingerprint density at radius 2 is 2.20 bits per heavy atom. The molecule has 0 saturated heterocycles. The van der Waals surface area contributed by atoms with Crippen LogP contribution in [0, 0.1) is 0 Å². The largest absolute Gasteiger partial charge is 0.380 e. The molecule has 0 bridgehead atoms. The lowest BCUT2D eigenvalue weighted by Gasteiger charge is -2.15. The van der Waals surface area contributed by atoms with Gasteiger partial charge in [-0.05, 0) is 25.8 Å². The highest BCUT2D eigenvalue weighted by Gasteiger charge is 2.29. The lowest BCUT2D eigenvalue weighted by atomic mass is 10.4. The van der Waals surface area contributed by atoms with Gasteiger partial charge in [-0.25, -0.2) is 8.42 Å². The number of hydrogen-bond donors (Lipinski definition) is 1. The molecule has 0 unspecified atom stereocenters. The molecule has 114 valence electrons. The molecule has 6 nitrogen and oxygen atoms in total. The summed E-state index contributed by atoms with van der Waals surface area (Å²) in [6, 6.07) is 2.11. The van der Waals surface area contributed by atoms with Crippen molar-refractivity contribution < 1.29 is 13.2 Å². The second kappa shape index (κ2) is 6.26. The molecule has 0 amide bonds. The van der Waals surface area contributed by atoms with Gasteiger partial charge < -0.3 is 15.0 Å². The smallest absolute Gasteiger partial charge is 0.244 e. The van der Waals surface area contributed by atoms with Crippen molar-refractivity contribution in [1.29, 1.82) is 0 Å². The number of likely N-dealkylation sites (N-methyl/N-ethyl adjacent to an activating group) is 1. The quantitative estimate of drug-likeness (QED) is 0.725. The summed E-state index contributed by atoms with van der Waals surface area (Å²) in [5.41, 5.74) is 6.58. The summed E-state index contributed by atoms with van der Waals surface area (Å²) in [6.45, 7) is 3.58. The van der Waals surface area contributed by atoms with Crippen LogP contribution in [0.15, 0.2) is 17.2 Å². The molecule has 1 fully saturated rings. The average molecular weight is 301 g/mol. The lowest BCUT2D eigenvalue weighted by molar-refractivity contribution is 0.138. The molecule has 1 aliphatic rings.